The van der Waals surface area contributed by atoms with E-state index in [1.807, 2.05) is 30.3 Å². The van der Waals surface area contributed by atoms with E-state index < -0.39 is 32.9 Å². The molecule has 0 aliphatic carbocycles. The van der Waals surface area contributed by atoms with Crippen molar-refractivity contribution in [1.82, 2.24) is 14.1 Å². The predicted molar refractivity (Wildman–Crippen MR) is 135 cm³/mol. The van der Waals surface area contributed by atoms with E-state index in [0.29, 0.717) is 10.9 Å². The van der Waals surface area contributed by atoms with Crippen molar-refractivity contribution in [2.45, 2.75) is 16.7 Å². The molecule has 0 aliphatic rings. The van der Waals surface area contributed by atoms with Gasteiger partial charge in [0.05, 0.1) is 22.3 Å². The van der Waals surface area contributed by atoms with Gasteiger partial charge in [-0.15, -0.1) is 0 Å². The van der Waals surface area contributed by atoms with Crippen molar-refractivity contribution < 1.29 is 26.7 Å². The molecule has 1 aromatic heterocycles. The fourth-order valence-corrected chi connectivity index (χ4v) is 5.60. The van der Waals surface area contributed by atoms with Gasteiger partial charge in [-0.2, -0.15) is 18.3 Å². The summed E-state index contributed by atoms with van der Waals surface area (Å²) in [4.78, 5) is -0.152. The van der Waals surface area contributed by atoms with Crippen molar-refractivity contribution in [1.29, 1.82) is 0 Å². The lowest BCUT2D eigenvalue weighted by atomic mass is 9.82. The van der Waals surface area contributed by atoms with E-state index in [0.717, 1.165) is 22.1 Å². The molecule has 0 saturated heterocycles. The second-order valence-corrected chi connectivity index (χ2v) is 10.9. The molecular weight excluding hydrogens is 503 g/mol. The van der Waals surface area contributed by atoms with Gasteiger partial charge in [0.2, 0.25) is 15.6 Å². The molecule has 190 valence electrons. The lowest BCUT2D eigenvalue weighted by Gasteiger charge is -2.33. The van der Waals surface area contributed by atoms with Crippen LogP contribution in [0.15, 0.2) is 96.0 Å². The van der Waals surface area contributed by atoms with Crippen molar-refractivity contribution in [3.63, 3.8) is 0 Å². The molecule has 0 spiro atoms. The van der Waals surface area contributed by atoms with Crippen LogP contribution in [0.1, 0.15) is 11.1 Å². The molecule has 1 unspecified atom stereocenters. The number of rotatable bonds is 5. The number of fused-ring (bicyclic) bond motifs is 2. The predicted octanol–water partition coefficient (Wildman–Crippen LogP) is 5.23. The molecule has 10 heteroatoms. The van der Waals surface area contributed by atoms with E-state index in [1.165, 1.54) is 62.8 Å². The summed E-state index contributed by atoms with van der Waals surface area (Å²) < 4.78 is 72.5. The van der Waals surface area contributed by atoms with Gasteiger partial charge >= 0.3 is 6.18 Å². The number of nitrogens with zero attached hydrogens (tertiary/aromatic N) is 3. The molecule has 1 heterocycles. The Morgan fingerprint density at radius 3 is 2.16 bits per heavy atom. The van der Waals surface area contributed by atoms with Crippen LogP contribution in [0.25, 0.3) is 27.4 Å². The van der Waals surface area contributed by atoms with Crippen LogP contribution in [0.5, 0.6) is 0 Å². The minimum Gasteiger partial charge on any atom is -0.372 e. The summed E-state index contributed by atoms with van der Waals surface area (Å²) >= 11 is 0. The molecule has 0 radical (unpaired) electrons. The molecule has 6 nitrogen and oxygen atoms in total. The SMILES string of the molecule is CN(C)S(=O)(=O)c1ccc(C(O)(c2ccc3c(cnn3-c3ccccc3)c2)C(F)(F)F)c2ccccc12. The molecule has 4 aromatic carbocycles. The normalized spacial score (nSPS) is 14.4. The number of hydrogen-bond donors (Lipinski definition) is 1. The summed E-state index contributed by atoms with van der Waals surface area (Å²) in [5.41, 5.74) is -3.00. The third-order valence-corrected chi connectivity index (χ3v) is 8.30. The molecule has 37 heavy (non-hydrogen) atoms. The first-order valence-corrected chi connectivity index (χ1v) is 12.7. The molecule has 0 fully saturated rings. The van der Waals surface area contributed by atoms with Crippen molar-refractivity contribution in [3.05, 3.63) is 102 Å². The highest BCUT2D eigenvalue weighted by atomic mass is 32.2. The van der Waals surface area contributed by atoms with Crippen LogP contribution in [-0.4, -0.2) is 47.9 Å². The number of aromatic nitrogens is 2. The standard InChI is InChI=1S/C27H22F3N3O3S/c1-32(2)37(35,36)25-15-13-23(21-10-6-7-11-22(21)25)26(34,27(28,29)30)19-12-14-24-18(16-19)17-31-33(24)20-8-4-3-5-9-20/h3-17,34H,1-2H3. The Bertz CT molecular complexity index is 1730. The molecule has 5 rings (SSSR count). The fraction of sp³-hybridized carbons (Fsp3) is 0.148. The van der Waals surface area contributed by atoms with Crippen LogP contribution in [0.2, 0.25) is 0 Å². The molecule has 5 aromatic rings. The van der Waals surface area contributed by atoms with Gasteiger partial charge in [-0.3, -0.25) is 0 Å². The molecule has 0 aliphatic heterocycles. The van der Waals surface area contributed by atoms with Crippen LogP contribution < -0.4 is 0 Å². The Balaban J connectivity index is 1.75. The average Bonchev–Trinajstić information content (AvgIpc) is 3.30. The van der Waals surface area contributed by atoms with E-state index in [2.05, 4.69) is 5.10 Å². The minimum atomic E-state index is -5.12. The lowest BCUT2D eigenvalue weighted by Crippen LogP contribution is -2.43. The average molecular weight is 526 g/mol. The number of sulfonamides is 1. The van der Waals surface area contributed by atoms with Crippen LogP contribution in [0.4, 0.5) is 13.2 Å². The molecule has 0 bridgehead atoms. The van der Waals surface area contributed by atoms with E-state index >= 15 is 0 Å². The molecule has 0 amide bonds. The smallest absolute Gasteiger partial charge is 0.372 e. The van der Waals surface area contributed by atoms with Gasteiger partial charge in [0.15, 0.2) is 0 Å². The third kappa shape index (κ3) is 3.88. The maximum absolute atomic E-state index is 14.7. The topological polar surface area (TPSA) is 75.4 Å². The fourth-order valence-electron chi connectivity index (χ4n) is 4.51. The Morgan fingerprint density at radius 2 is 1.51 bits per heavy atom. The Hall–Kier alpha value is -3.73. The van der Waals surface area contributed by atoms with Gasteiger partial charge in [-0.25, -0.2) is 17.4 Å². The molecule has 1 N–H and O–H groups in total. The van der Waals surface area contributed by atoms with Gasteiger partial charge in [0.1, 0.15) is 0 Å². The zero-order chi connectivity index (χ0) is 26.6. The van der Waals surface area contributed by atoms with Crippen molar-refractivity contribution in [2.24, 2.45) is 0 Å². The van der Waals surface area contributed by atoms with Crippen LogP contribution >= 0.6 is 0 Å². The molecule has 0 saturated carbocycles. The summed E-state index contributed by atoms with van der Waals surface area (Å²) in [6, 6.07) is 21.1. The number of halogens is 3. The number of benzene rings is 4. The van der Waals surface area contributed by atoms with Gasteiger partial charge in [0.25, 0.3) is 0 Å². The van der Waals surface area contributed by atoms with Crippen molar-refractivity contribution in [2.75, 3.05) is 14.1 Å². The molecular formula is C27H22F3N3O3S. The van der Waals surface area contributed by atoms with Gasteiger partial charge in [-0.1, -0.05) is 54.6 Å². The minimum absolute atomic E-state index is 0.0228. The first kappa shape index (κ1) is 24.9. The number of hydrogen-bond acceptors (Lipinski definition) is 4. The second kappa shape index (κ2) is 8.69. The van der Waals surface area contributed by atoms with Crippen LogP contribution in [0, 0.1) is 0 Å². The third-order valence-electron chi connectivity index (χ3n) is 6.43. The maximum Gasteiger partial charge on any atom is 0.425 e. The highest BCUT2D eigenvalue weighted by Crippen LogP contribution is 2.47. The van der Waals surface area contributed by atoms with Crippen LogP contribution in [0.3, 0.4) is 0 Å². The quantitative estimate of drug-likeness (QED) is 0.341. The highest BCUT2D eigenvalue weighted by molar-refractivity contribution is 7.89. The zero-order valence-corrected chi connectivity index (χ0v) is 20.6. The Labute approximate surface area is 211 Å². The summed E-state index contributed by atoms with van der Waals surface area (Å²) in [7, 11) is -1.27. The Morgan fingerprint density at radius 1 is 0.865 bits per heavy atom. The largest absolute Gasteiger partial charge is 0.425 e. The summed E-state index contributed by atoms with van der Waals surface area (Å²) in [6.45, 7) is 0. The lowest BCUT2D eigenvalue weighted by molar-refractivity contribution is -0.247. The Kier molecular flexibility index (Phi) is 5.86. The number of para-hydroxylation sites is 1. The second-order valence-electron chi connectivity index (χ2n) is 8.82. The van der Waals surface area contributed by atoms with Crippen molar-refractivity contribution >= 4 is 31.7 Å². The number of alkyl halides is 3. The monoisotopic (exact) mass is 525 g/mol. The van der Waals surface area contributed by atoms with E-state index in [1.54, 1.807) is 4.68 Å². The zero-order valence-electron chi connectivity index (χ0n) is 19.8. The van der Waals surface area contributed by atoms with E-state index in [4.69, 9.17) is 0 Å². The van der Waals surface area contributed by atoms with Gasteiger partial charge in [-0.05, 0) is 41.3 Å². The summed E-state index contributed by atoms with van der Waals surface area (Å²) in [6.07, 6.45) is -3.69. The highest BCUT2D eigenvalue weighted by Gasteiger charge is 2.57. The maximum atomic E-state index is 14.7. The summed E-state index contributed by atoms with van der Waals surface area (Å²) in [5, 5.41) is 16.2. The first-order valence-electron chi connectivity index (χ1n) is 11.2. The van der Waals surface area contributed by atoms with E-state index in [-0.39, 0.29) is 15.7 Å². The van der Waals surface area contributed by atoms with Gasteiger partial charge in [0, 0.05) is 30.4 Å². The summed E-state index contributed by atoms with van der Waals surface area (Å²) in [5.74, 6) is 0. The first-order chi connectivity index (χ1) is 17.5. The molecule has 1 atom stereocenters. The van der Waals surface area contributed by atoms with Crippen LogP contribution in [-0.2, 0) is 15.6 Å². The van der Waals surface area contributed by atoms with Gasteiger partial charge < -0.3 is 5.11 Å². The number of aliphatic hydroxyl groups is 1. The van der Waals surface area contributed by atoms with E-state index in [9.17, 15) is 26.7 Å². The van der Waals surface area contributed by atoms with Crippen molar-refractivity contribution in [3.8, 4) is 5.69 Å².